The number of carbonyl (C=O) groups is 1. The van der Waals surface area contributed by atoms with Crippen LogP contribution < -0.4 is 5.32 Å². The second-order valence-corrected chi connectivity index (χ2v) is 8.43. The molecule has 2 rings (SSSR count). The zero-order valence-electron chi connectivity index (χ0n) is 12.3. The fourth-order valence-electron chi connectivity index (χ4n) is 2.54. The third kappa shape index (κ3) is 3.00. The van der Waals surface area contributed by atoms with Crippen LogP contribution >= 0.6 is 15.9 Å². The Morgan fingerprint density at radius 1 is 1.43 bits per heavy atom. The molecule has 1 saturated heterocycles. The van der Waals surface area contributed by atoms with Crippen molar-refractivity contribution in [3.8, 4) is 0 Å². The van der Waals surface area contributed by atoms with Gasteiger partial charge in [-0.15, -0.1) is 0 Å². The van der Waals surface area contributed by atoms with Crippen molar-refractivity contribution in [3.63, 3.8) is 0 Å². The van der Waals surface area contributed by atoms with Crippen molar-refractivity contribution in [2.75, 3.05) is 20.1 Å². The van der Waals surface area contributed by atoms with E-state index in [9.17, 15) is 13.2 Å². The number of hydrogen-bond acceptors (Lipinski definition) is 3. The van der Waals surface area contributed by atoms with Crippen LogP contribution in [-0.2, 0) is 14.8 Å². The Kier molecular flexibility index (Phi) is 4.46. The van der Waals surface area contributed by atoms with Gasteiger partial charge in [-0.05, 0) is 44.0 Å². The van der Waals surface area contributed by atoms with E-state index >= 15 is 0 Å². The molecule has 1 aliphatic rings. The molecule has 0 bridgehead atoms. The summed E-state index contributed by atoms with van der Waals surface area (Å²) in [4.78, 5) is 12.2. The van der Waals surface area contributed by atoms with Gasteiger partial charge in [0.2, 0.25) is 15.9 Å². The summed E-state index contributed by atoms with van der Waals surface area (Å²) in [5, 5.41) is 2.61. The van der Waals surface area contributed by atoms with Crippen molar-refractivity contribution in [3.05, 3.63) is 28.2 Å². The van der Waals surface area contributed by atoms with Crippen LogP contribution in [0.4, 0.5) is 0 Å². The molecule has 5 nitrogen and oxygen atoms in total. The van der Waals surface area contributed by atoms with Gasteiger partial charge in [-0.2, -0.15) is 4.31 Å². The summed E-state index contributed by atoms with van der Waals surface area (Å²) in [6.07, 6.45) is 0.529. The molecule has 116 valence electrons. The summed E-state index contributed by atoms with van der Waals surface area (Å²) in [6, 6.07) is 4.97. The Morgan fingerprint density at radius 2 is 2.10 bits per heavy atom. The lowest BCUT2D eigenvalue weighted by molar-refractivity contribution is -0.128. The first kappa shape index (κ1) is 16.5. The van der Waals surface area contributed by atoms with Gasteiger partial charge in [0.1, 0.15) is 0 Å². The van der Waals surface area contributed by atoms with E-state index < -0.39 is 15.4 Å². The van der Waals surface area contributed by atoms with Crippen LogP contribution in [0.1, 0.15) is 18.9 Å². The minimum Gasteiger partial charge on any atom is -0.359 e. The van der Waals surface area contributed by atoms with Crippen LogP contribution in [0.5, 0.6) is 0 Å². The molecule has 1 unspecified atom stereocenters. The largest absolute Gasteiger partial charge is 0.359 e. The number of benzene rings is 1. The normalized spacial score (nSPS) is 23.2. The van der Waals surface area contributed by atoms with E-state index in [1.165, 1.54) is 4.31 Å². The Morgan fingerprint density at radius 3 is 2.67 bits per heavy atom. The molecule has 1 aliphatic heterocycles. The number of hydrogen-bond donors (Lipinski definition) is 1. The van der Waals surface area contributed by atoms with Crippen LogP contribution in [0.3, 0.4) is 0 Å². The Balaban J connectivity index is 2.30. The summed E-state index contributed by atoms with van der Waals surface area (Å²) in [5.74, 6) is -0.118. The average Bonchev–Trinajstić information content (AvgIpc) is 2.85. The van der Waals surface area contributed by atoms with E-state index in [4.69, 9.17) is 0 Å². The highest BCUT2D eigenvalue weighted by Crippen LogP contribution is 2.34. The molecule has 0 aliphatic carbocycles. The smallest absolute Gasteiger partial charge is 0.243 e. The molecule has 1 aromatic rings. The van der Waals surface area contributed by atoms with Gasteiger partial charge in [0, 0.05) is 24.6 Å². The Labute approximate surface area is 133 Å². The number of halogens is 1. The van der Waals surface area contributed by atoms with Crippen molar-refractivity contribution in [1.29, 1.82) is 0 Å². The number of nitrogens with zero attached hydrogens (tertiary/aromatic N) is 1. The molecule has 1 heterocycles. The quantitative estimate of drug-likeness (QED) is 0.878. The highest BCUT2D eigenvalue weighted by atomic mass is 79.9. The van der Waals surface area contributed by atoms with Gasteiger partial charge in [0.15, 0.2) is 0 Å². The maximum atomic E-state index is 12.7. The standard InChI is InChI=1S/C14H19BrN2O3S/c1-10-8-11(4-5-12(10)15)21(19,20)17-7-6-14(2,9-17)13(18)16-3/h4-5,8H,6-7,9H2,1-3H3,(H,16,18). The summed E-state index contributed by atoms with van der Waals surface area (Å²) in [5.41, 5.74) is 0.205. The van der Waals surface area contributed by atoms with Crippen molar-refractivity contribution < 1.29 is 13.2 Å². The number of nitrogens with one attached hydrogen (secondary N) is 1. The minimum atomic E-state index is -3.56. The lowest BCUT2D eigenvalue weighted by Gasteiger charge is -2.22. The van der Waals surface area contributed by atoms with Crippen LogP contribution in [-0.4, -0.2) is 38.8 Å². The van der Waals surface area contributed by atoms with E-state index in [1.54, 1.807) is 32.2 Å². The van der Waals surface area contributed by atoms with Crippen molar-refractivity contribution in [2.45, 2.75) is 25.2 Å². The first-order valence-electron chi connectivity index (χ1n) is 6.69. The summed E-state index contributed by atoms with van der Waals surface area (Å²) >= 11 is 3.36. The van der Waals surface area contributed by atoms with E-state index in [2.05, 4.69) is 21.2 Å². The Bertz CT molecular complexity index is 675. The predicted molar refractivity (Wildman–Crippen MR) is 84.4 cm³/mol. The second kappa shape index (κ2) is 5.70. The van der Waals surface area contributed by atoms with Gasteiger partial charge < -0.3 is 5.32 Å². The van der Waals surface area contributed by atoms with Gasteiger partial charge in [-0.3, -0.25) is 4.79 Å². The number of amides is 1. The summed E-state index contributed by atoms with van der Waals surface area (Å²) in [6.45, 7) is 4.22. The van der Waals surface area contributed by atoms with E-state index in [-0.39, 0.29) is 17.3 Å². The highest BCUT2D eigenvalue weighted by Gasteiger charge is 2.44. The van der Waals surface area contributed by atoms with Gasteiger partial charge in [-0.1, -0.05) is 15.9 Å². The van der Waals surface area contributed by atoms with Gasteiger partial charge in [-0.25, -0.2) is 8.42 Å². The maximum Gasteiger partial charge on any atom is 0.243 e. The molecular formula is C14H19BrN2O3S. The lowest BCUT2D eigenvalue weighted by Crippen LogP contribution is -2.40. The topological polar surface area (TPSA) is 66.5 Å². The molecule has 21 heavy (non-hydrogen) atoms. The van der Waals surface area contributed by atoms with Gasteiger partial charge in [0.05, 0.1) is 10.3 Å². The van der Waals surface area contributed by atoms with E-state index in [0.717, 1.165) is 10.0 Å². The van der Waals surface area contributed by atoms with Crippen molar-refractivity contribution in [1.82, 2.24) is 9.62 Å². The zero-order valence-corrected chi connectivity index (χ0v) is 14.7. The third-order valence-corrected chi connectivity index (χ3v) is 6.71. The number of carbonyl (C=O) groups excluding carboxylic acids is 1. The number of aryl methyl sites for hydroxylation is 1. The lowest BCUT2D eigenvalue weighted by atomic mass is 9.89. The molecule has 1 aromatic carbocycles. The van der Waals surface area contributed by atoms with Crippen molar-refractivity contribution >= 4 is 31.9 Å². The molecule has 0 spiro atoms. The molecule has 1 amide bonds. The molecule has 1 fully saturated rings. The number of rotatable bonds is 3. The first-order valence-corrected chi connectivity index (χ1v) is 8.92. The van der Waals surface area contributed by atoms with E-state index in [0.29, 0.717) is 13.0 Å². The van der Waals surface area contributed by atoms with Crippen LogP contribution in [0.15, 0.2) is 27.6 Å². The van der Waals surface area contributed by atoms with E-state index in [1.807, 2.05) is 6.92 Å². The second-order valence-electron chi connectivity index (χ2n) is 5.64. The Hall–Kier alpha value is -0.920. The van der Waals surface area contributed by atoms with Crippen LogP contribution in [0.25, 0.3) is 0 Å². The first-order chi connectivity index (χ1) is 9.70. The molecule has 0 saturated carbocycles. The van der Waals surface area contributed by atoms with Crippen LogP contribution in [0.2, 0.25) is 0 Å². The molecule has 0 radical (unpaired) electrons. The van der Waals surface area contributed by atoms with Crippen molar-refractivity contribution in [2.24, 2.45) is 5.41 Å². The molecule has 1 N–H and O–H groups in total. The van der Waals surface area contributed by atoms with Gasteiger partial charge in [0.25, 0.3) is 0 Å². The highest BCUT2D eigenvalue weighted by molar-refractivity contribution is 9.10. The molecule has 0 aromatic heterocycles. The average molecular weight is 375 g/mol. The zero-order chi connectivity index (χ0) is 15.8. The van der Waals surface area contributed by atoms with Gasteiger partial charge >= 0.3 is 0 Å². The molecular weight excluding hydrogens is 356 g/mol. The maximum absolute atomic E-state index is 12.7. The molecule has 1 atom stereocenters. The third-order valence-electron chi connectivity index (χ3n) is 3.98. The SMILES string of the molecule is CNC(=O)C1(C)CCN(S(=O)(=O)c2ccc(Br)c(C)c2)C1. The fraction of sp³-hybridized carbons (Fsp3) is 0.500. The summed E-state index contributed by atoms with van der Waals surface area (Å²) < 4.78 is 27.6. The minimum absolute atomic E-state index is 0.118. The number of sulfonamides is 1. The molecule has 7 heteroatoms. The monoisotopic (exact) mass is 374 g/mol. The fourth-order valence-corrected chi connectivity index (χ4v) is 4.43. The summed E-state index contributed by atoms with van der Waals surface area (Å²) in [7, 11) is -1.99. The van der Waals surface area contributed by atoms with Crippen LogP contribution in [0, 0.1) is 12.3 Å². The predicted octanol–water partition coefficient (Wildman–Crippen LogP) is 1.90.